The van der Waals surface area contributed by atoms with Gasteiger partial charge in [-0.25, -0.2) is 4.99 Å². The Morgan fingerprint density at radius 1 is 1.14 bits per heavy atom. The molecule has 0 aliphatic carbocycles. The molecule has 150 valence electrons. The minimum absolute atomic E-state index is 0.0131. The van der Waals surface area contributed by atoms with Gasteiger partial charge in [0, 0.05) is 28.2 Å². The number of amides is 2. The Morgan fingerprint density at radius 3 is 2.62 bits per heavy atom. The summed E-state index contributed by atoms with van der Waals surface area (Å²) >= 11 is 13.1. The molecular formula is C19H15Cl2N3O4S. The first-order valence-electron chi connectivity index (χ1n) is 8.68. The van der Waals surface area contributed by atoms with Crippen molar-refractivity contribution in [3.05, 3.63) is 46.4 Å². The van der Waals surface area contributed by atoms with Gasteiger partial charge in [-0.1, -0.05) is 35.0 Å². The van der Waals surface area contributed by atoms with Crippen LogP contribution in [0.5, 0.6) is 11.5 Å². The highest BCUT2D eigenvalue weighted by Crippen LogP contribution is 2.35. The summed E-state index contributed by atoms with van der Waals surface area (Å²) in [5, 5.41) is 6.06. The molecule has 0 radical (unpaired) electrons. The van der Waals surface area contributed by atoms with Gasteiger partial charge < -0.3 is 20.1 Å². The van der Waals surface area contributed by atoms with Crippen LogP contribution in [0.25, 0.3) is 0 Å². The van der Waals surface area contributed by atoms with Crippen molar-refractivity contribution in [2.45, 2.75) is 11.7 Å². The summed E-state index contributed by atoms with van der Waals surface area (Å²) in [6.45, 7) is 0.992. The maximum Gasteiger partial charge on any atom is 0.240 e. The number of benzene rings is 2. The van der Waals surface area contributed by atoms with Gasteiger partial charge in [0.05, 0.1) is 5.69 Å². The molecule has 2 N–H and O–H groups in total. The first-order chi connectivity index (χ1) is 14.0. The third-order valence-electron chi connectivity index (χ3n) is 4.05. The lowest BCUT2D eigenvalue weighted by atomic mass is 10.2. The number of nitrogens with one attached hydrogen (secondary N) is 2. The largest absolute Gasteiger partial charge is 0.486 e. The fourth-order valence-electron chi connectivity index (χ4n) is 2.82. The molecule has 1 fully saturated rings. The third kappa shape index (κ3) is 4.95. The number of amidine groups is 1. The molecule has 2 aromatic rings. The van der Waals surface area contributed by atoms with Crippen LogP contribution in [0.1, 0.15) is 6.42 Å². The van der Waals surface area contributed by atoms with Gasteiger partial charge in [-0.2, -0.15) is 0 Å². The Balaban J connectivity index is 1.40. The summed E-state index contributed by atoms with van der Waals surface area (Å²) in [5.41, 5.74) is 1.09. The van der Waals surface area contributed by atoms with Crippen LogP contribution in [-0.2, 0) is 9.59 Å². The second-order valence-corrected chi connectivity index (χ2v) is 8.32. The average molecular weight is 452 g/mol. The van der Waals surface area contributed by atoms with Crippen LogP contribution in [0.4, 0.5) is 11.4 Å². The van der Waals surface area contributed by atoms with Gasteiger partial charge in [0.1, 0.15) is 18.5 Å². The zero-order valence-electron chi connectivity index (χ0n) is 14.9. The van der Waals surface area contributed by atoms with E-state index in [2.05, 4.69) is 15.6 Å². The van der Waals surface area contributed by atoms with E-state index in [1.807, 2.05) is 0 Å². The number of rotatable bonds is 4. The van der Waals surface area contributed by atoms with Gasteiger partial charge in [0.15, 0.2) is 16.7 Å². The van der Waals surface area contributed by atoms with Crippen LogP contribution in [-0.4, -0.2) is 35.4 Å². The Hall–Kier alpha value is -2.42. The zero-order valence-corrected chi connectivity index (χ0v) is 17.2. The molecule has 7 nitrogen and oxygen atoms in total. The van der Waals surface area contributed by atoms with Gasteiger partial charge in [-0.05, 0) is 30.3 Å². The van der Waals surface area contributed by atoms with Crippen molar-refractivity contribution >= 4 is 63.3 Å². The lowest BCUT2D eigenvalue weighted by Crippen LogP contribution is -2.28. The fraction of sp³-hybridized carbons (Fsp3) is 0.211. The van der Waals surface area contributed by atoms with Crippen molar-refractivity contribution < 1.29 is 19.1 Å². The Labute approximate surface area is 180 Å². The molecule has 1 unspecified atom stereocenters. The molecular weight excluding hydrogens is 437 g/mol. The molecule has 2 aliphatic heterocycles. The summed E-state index contributed by atoms with van der Waals surface area (Å²) < 4.78 is 11.0. The standard InChI is InChI=1S/C19H15Cl2N3O4S/c20-10-5-11(21)7-13(6-10)22-17(25)9-16-18(26)24-19(29-16)23-12-1-2-14-15(8-12)28-4-3-27-14/h1-2,5-8,16H,3-4,9H2,(H,22,25)(H,23,24,26). The highest BCUT2D eigenvalue weighted by atomic mass is 35.5. The number of carbonyl (C=O) groups is 2. The van der Waals surface area contributed by atoms with Crippen LogP contribution < -0.4 is 20.1 Å². The van der Waals surface area contributed by atoms with Gasteiger partial charge in [-0.3, -0.25) is 9.59 Å². The Bertz CT molecular complexity index is 995. The number of hydrogen-bond donors (Lipinski definition) is 2. The van der Waals surface area contributed by atoms with Crippen LogP contribution in [0.2, 0.25) is 10.0 Å². The molecule has 0 saturated carbocycles. The van der Waals surface area contributed by atoms with Gasteiger partial charge in [0.25, 0.3) is 0 Å². The summed E-state index contributed by atoms with van der Waals surface area (Å²) in [5.74, 6) is 0.685. The summed E-state index contributed by atoms with van der Waals surface area (Å²) in [7, 11) is 0. The molecule has 2 amide bonds. The summed E-state index contributed by atoms with van der Waals surface area (Å²) in [6, 6.07) is 10.0. The van der Waals surface area contributed by atoms with Crippen molar-refractivity contribution in [2.24, 2.45) is 4.99 Å². The van der Waals surface area contributed by atoms with Crippen LogP contribution in [0, 0.1) is 0 Å². The van der Waals surface area contributed by atoms with E-state index in [9.17, 15) is 9.59 Å². The average Bonchev–Trinajstić information content (AvgIpc) is 2.99. The van der Waals surface area contributed by atoms with E-state index in [4.69, 9.17) is 32.7 Å². The molecule has 10 heteroatoms. The van der Waals surface area contributed by atoms with E-state index in [0.29, 0.717) is 51.3 Å². The highest BCUT2D eigenvalue weighted by Gasteiger charge is 2.32. The molecule has 0 bridgehead atoms. The maximum atomic E-state index is 12.3. The van der Waals surface area contributed by atoms with E-state index in [1.165, 1.54) is 11.8 Å². The molecule has 2 heterocycles. The second kappa shape index (κ2) is 8.52. The van der Waals surface area contributed by atoms with E-state index in [-0.39, 0.29) is 18.2 Å². The number of hydrogen-bond acceptors (Lipinski definition) is 6. The fourth-order valence-corrected chi connectivity index (χ4v) is 4.33. The number of fused-ring (bicyclic) bond motifs is 1. The molecule has 1 atom stereocenters. The quantitative estimate of drug-likeness (QED) is 0.732. The number of nitrogens with zero attached hydrogens (tertiary/aromatic N) is 1. The molecule has 2 aliphatic rings. The van der Waals surface area contributed by atoms with E-state index in [1.54, 1.807) is 36.4 Å². The number of thioether (sulfide) groups is 1. The van der Waals surface area contributed by atoms with Crippen molar-refractivity contribution in [1.29, 1.82) is 0 Å². The summed E-state index contributed by atoms with van der Waals surface area (Å²) in [4.78, 5) is 29.0. The molecule has 4 rings (SSSR count). The predicted molar refractivity (Wildman–Crippen MR) is 114 cm³/mol. The van der Waals surface area contributed by atoms with E-state index in [0.717, 1.165) is 0 Å². The number of carbonyl (C=O) groups excluding carboxylic acids is 2. The zero-order chi connectivity index (χ0) is 20.4. The van der Waals surface area contributed by atoms with Crippen LogP contribution >= 0.6 is 35.0 Å². The first kappa shape index (κ1) is 19.9. The number of anilines is 1. The lowest BCUT2D eigenvalue weighted by molar-refractivity contribution is -0.122. The van der Waals surface area contributed by atoms with E-state index >= 15 is 0 Å². The highest BCUT2D eigenvalue weighted by molar-refractivity contribution is 8.15. The Morgan fingerprint density at radius 2 is 1.86 bits per heavy atom. The van der Waals surface area contributed by atoms with Crippen molar-refractivity contribution in [3.8, 4) is 11.5 Å². The minimum atomic E-state index is -0.583. The molecule has 1 saturated heterocycles. The molecule has 0 spiro atoms. The summed E-state index contributed by atoms with van der Waals surface area (Å²) in [6.07, 6.45) is -0.0131. The van der Waals surface area contributed by atoms with Crippen molar-refractivity contribution in [3.63, 3.8) is 0 Å². The SMILES string of the molecule is O=C(CC1SC(=Nc2ccc3c(c2)OCCO3)NC1=O)Nc1cc(Cl)cc(Cl)c1. The smallest absolute Gasteiger partial charge is 0.240 e. The number of ether oxygens (including phenoxy) is 2. The predicted octanol–water partition coefficient (Wildman–Crippen LogP) is 4.01. The minimum Gasteiger partial charge on any atom is -0.486 e. The second-order valence-electron chi connectivity index (χ2n) is 6.25. The van der Waals surface area contributed by atoms with Crippen molar-refractivity contribution in [1.82, 2.24) is 5.32 Å². The topological polar surface area (TPSA) is 89.0 Å². The monoisotopic (exact) mass is 451 g/mol. The Kier molecular flexibility index (Phi) is 5.84. The van der Waals surface area contributed by atoms with Crippen LogP contribution in [0.15, 0.2) is 41.4 Å². The van der Waals surface area contributed by atoms with Crippen molar-refractivity contribution in [2.75, 3.05) is 18.5 Å². The molecule has 29 heavy (non-hydrogen) atoms. The van der Waals surface area contributed by atoms with Gasteiger partial charge >= 0.3 is 0 Å². The maximum absolute atomic E-state index is 12.3. The van der Waals surface area contributed by atoms with Gasteiger partial charge in [0.2, 0.25) is 11.8 Å². The molecule has 0 aromatic heterocycles. The normalized spacial score (nSPS) is 19.2. The number of aliphatic imine (C=N–C) groups is 1. The third-order valence-corrected chi connectivity index (χ3v) is 5.57. The number of halogens is 2. The first-order valence-corrected chi connectivity index (χ1v) is 10.3. The van der Waals surface area contributed by atoms with Crippen LogP contribution in [0.3, 0.4) is 0 Å². The lowest BCUT2D eigenvalue weighted by Gasteiger charge is -2.18. The van der Waals surface area contributed by atoms with E-state index < -0.39 is 5.25 Å². The molecule has 2 aromatic carbocycles. The van der Waals surface area contributed by atoms with Gasteiger partial charge in [-0.15, -0.1) is 0 Å².